The van der Waals surface area contributed by atoms with Crippen molar-refractivity contribution >= 4 is 28.5 Å². The summed E-state index contributed by atoms with van der Waals surface area (Å²) in [5.41, 5.74) is 3.57. The number of nitrogens with zero attached hydrogens (tertiary/aromatic N) is 1. The van der Waals surface area contributed by atoms with Gasteiger partial charge in [-0.1, -0.05) is 0 Å². The molecule has 76 valence electrons. The summed E-state index contributed by atoms with van der Waals surface area (Å²) in [7, 11) is 0. The first kappa shape index (κ1) is 11.2. The summed E-state index contributed by atoms with van der Waals surface area (Å²) in [4.78, 5) is 14.0. The highest BCUT2D eigenvalue weighted by atomic mass is 127. The van der Waals surface area contributed by atoms with Crippen LogP contribution in [0.3, 0.4) is 0 Å². The number of pyridine rings is 1. The number of carbonyl (C=O) groups excluding carboxylic acids is 1. The molecule has 0 atom stereocenters. The van der Waals surface area contributed by atoms with Gasteiger partial charge in [0.2, 0.25) is 0 Å². The summed E-state index contributed by atoms with van der Waals surface area (Å²) in [5.74, 6) is -1.96. The van der Waals surface area contributed by atoms with E-state index in [4.69, 9.17) is 5.73 Å². The van der Waals surface area contributed by atoms with Crippen molar-refractivity contribution < 1.29 is 18.0 Å². The van der Waals surface area contributed by atoms with Crippen molar-refractivity contribution in [1.82, 2.24) is 4.98 Å². The van der Waals surface area contributed by atoms with E-state index in [9.17, 15) is 18.0 Å². The number of hydrogen-bond donors (Lipinski definition) is 1. The second-order valence-electron chi connectivity index (χ2n) is 2.36. The zero-order valence-electron chi connectivity index (χ0n) is 6.60. The zero-order valence-corrected chi connectivity index (χ0v) is 8.76. The molecule has 1 rings (SSSR count). The number of aromatic nitrogens is 1. The Morgan fingerprint density at radius 3 is 2.57 bits per heavy atom. The van der Waals surface area contributed by atoms with Gasteiger partial charge in [-0.25, -0.2) is 18.2 Å². The molecular weight excluding hydrogens is 312 g/mol. The largest absolute Gasteiger partial charge is 0.364 e. The van der Waals surface area contributed by atoms with Gasteiger partial charge in [0.15, 0.2) is 0 Å². The topological polar surface area (TPSA) is 56.0 Å². The molecule has 0 fully saturated rings. The quantitative estimate of drug-likeness (QED) is 0.847. The third kappa shape index (κ3) is 2.14. The molecule has 0 aliphatic carbocycles. The lowest BCUT2D eigenvalue weighted by Crippen LogP contribution is -2.17. The normalized spacial score (nSPS) is 10.6. The van der Waals surface area contributed by atoms with Gasteiger partial charge in [0.25, 0.3) is 12.3 Å². The second kappa shape index (κ2) is 4.11. The molecule has 0 saturated heterocycles. The van der Waals surface area contributed by atoms with E-state index in [1.807, 2.05) is 0 Å². The fourth-order valence-electron chi connectivity index (χ4n) is 0.792. The minimum Gasteiger partial charge on any atom is -0.364 e. The van der Waals surface area contributed by atoms with Crippen molar-refractivity contribution in [2.45, 2.75) is 6.43 Å². The Balaban J connectivity index is 3.35. The lowest BCUT2D eigenvalue weighted by atomic mass is 10.3. The van der Waals surface area contributed by atoms with Crippen molar-refractivity contribution in [3.8, 4) is 0 Å². The van der Waals surface area contributed by atoms with Gasteiger partial charge in [0.05, 0.1) is 3.57 Å². The predicted molar refractivity (Wildman–Crippen MR) is 50.4 cm³/mol. The lowest BCUT2D eigenvalue weighted by Gasteiger charge is -2.04. The highest BCUT2D eigenvalue weighted by Crippen LogP contribution is 2.22. The van der Waals surface area contributed by atoms with E-state index >= 15 is 0 Å². The Morgan fingerprint density at radius 1 is 1.57 bits per heavy atom. The van der Waals surface area contributed by atoms with E-state index in [1.54, 1.807) is 0 Å². The van der Waals surface area contributed by atoms with Crippen LogP contribution in [-0.2, 0) is 0 Å². The molecule has 1 amide bonds. The Hall–Kier alpha value is -0.860. The van der Waals surface area contributed by atoms with Crippen LogP contribution in [0.4, 0.5) is 13.2 Å². The van der Waals surface area contributed by atoms with Gasteiger partial charge in [-0.3, -0.25) is 4.79 Å². The fraction of sp³-hybridized carbons (Fsp3) is 0.143. The monoisotopic (exact) mass is 316 g/mol. The molecule has 1 heterocycles. The summed E-state index contributed by atoms with van der Waals surface area (Å²) in [6.07, 6.45) is -2.93. The van der Waals surface area contributed by atoms with Crippen LogP contribution in [0.15, 0.2) is 6.07 Å². The van der Waals surface area contributed by atoms with E-state index in [2.05, 4.69) is 4.98 Å². The molecule has 14 heavy (non-hydrogen) atoms. The molecule has 0 bridgehead atoms. The first-order valence-electron chi connectivity index (χ1n) is 3.37. The van der Waals surface area contributed by atoms with Gasteiger partial charge < -0.3 is 5.73 Å². The van der Waals surface area contributed by atoms with Gasteiger partial charge in [0, 0.05) is 6.07 Å². The number of alkyl halides is 2. The Bertz CT molecular complexity index is 383. The Morgan fingerprint density at radius 2 is 2.14 bits per heavy atom. The highest BCUT2D eigenvalue weighted by Gasteiger charge is 2.18. The van der Waals surface area contributed by atoms with Crippen LogP contribution in [0.2, 0.25) is 0 Å². The van der Waals surface area contributed by atoms with E-state index in [1.165, 1.54) is 22.6 Å². The minimum atomic E-state index is -2.93. The van der Waals surface area contributed by atoms with E-state index in [0.717, 1.165) is 0 Å². The number of nitrogens with two attached hydrogens (primary N) is 1. The van der Waals surface area contributed by atoms with Crippen molar-refractivity contribution in [3.63, 3.8) is 0 Å². The molecule has 1 aromatic rings. The molecule has 7 heteroatoms. The molecule has 3 nitrogen and oxygen atoms in total. The van der Waals surface area contributed by atoms with Crippen LogP contribution in [0.5, 0.6) is 0 Å². The third-order valence-corrected chi connectivity index (χ3v) is 2.42. The summed E-state index contributed by atoms with van der Waals surface area (Å²) in [5, 5.41) is 0. The van der Waals surface area contributed by atoms with Crippen LogP contribution in [0.1, 0.15) is 22.6 Å². The molecule has 1 aromatic heterocycles. The standard InChI is InChI=1S/C7H4F3IN2O/c8-2-1-3(6(9)10)13-5(4(2)11)7(12)14/h1,6H,(H2,12,14). The number of amides is 1. The molecule has 0 aliphatic rings. The van der Waals surface area contributed by atoms with E-state index in [0.29, 0.717) is 6.07 Å². The molecule has 0 aromatic carbocycles. The fourth-order valence-corrected chi connectivity index (χ4v) is 1.33. The molecule has 0 spiro atoms. The molecule has 2 N–H and O–H groups in total. The number of halogens is 4. The van der Waals surface area contributed by atoms with Crippen LogP contribution < -0.4 is 5.73 Å². The number of hydrogen-bond acceptors (Lipinski definition) is 2. The SMILES string of the molecule is NC(=O)c1nc(C(F)F)cc(F)c1I. The van der Waals surface area contributed by atoms with Gasteiger partial charge in [-0.05, 0) is 22.6 Å². The van der Waals surface area contributed by atoms with E-state index in [-0.39, 0.29) is 3.57 Å². The first-order valence-corrected chi connectivity index (χ1v) is 4.45. The lowest BCUT2D eigenvalue weighted by molar-refractivity contribution is 0.0991. The molecule has 0 radical (unpaired) electrons. The Kier molecular flexibility index (Phi) is 3.29. The molecule has 0 aliphatic heterocycles. The van der Waals surface area contributed by atoms with Crippen LogP contribution >= 0.6 is 22.6 Å². The van der Waals surface area contributed by atoms with Crippen molar-refractivity contribution in [1.29, 1.82) is 0 Å². The Labute approximate surface area is 90.6 Å². The van der Waals surface area contributed by atoms with Crippen molar-refractivity contribution in [3.05, 3.63) is 26.8 Å². The average molecular weight is 316 g/mol. The predicted octanol–water partition coefficient (Wildman–Crippen LogP) is 1.86. The summed E-state index contributed by atoms with van der Waals surface area (Å²) in [6.45, 7) is 0. The van der Waals surface area contributed by atoms with Gasteiger partial charge in [-0.15, -0.1) is 0 Å². The maximum Gasteiger partial charge on any atom is 0.280 e. The van der Waals surface area contributed by atoms with Crippen LogP contribution in [0, 0.1) is 9.39 Å². The molecular formula is C7H4F3IN2O. The van der Waals surface area contributed by atoms with Crippen molar-refractivity contribution in [2.75, 3.05) is 0 Å². The maximum atomic E-state index is 13.0. The van der Waals surface area contributed by atoms with Crippen molar-refractivity contribution in [2.24, 2.45) is 5.73 Å². The second-order valence-corrected chi connectivity index (χ2v) is 3.44. The maximum absolute atomic E-state index is 13.0. The summed E-state index contributed by atoms with van der Waals surface area (Å²) >= 11 is 1.48. The van der Waals surface area contributed by atoms with Crippen LogP contribution in [-0.4, -0.2) is 10.9 Å². The third-order valence-electron chi connectivity index (χ3n) is 1.39. The number of rotatable bonds is 2. The minimum absolute atomic E-state index is 0.153. The zero-order chi connectivity index (χ0) is 10.9. The van der Waals surface area contributed by atoms with E-state index < -0.39 is 29.5 Å². The van der Waals surface area contributed by atoms with Gasteiger partial charge >= 0.3 is 0 Å². The smallest absolute Gasteiger partial charge is 0.280 e. The molecule has 0 unspecified atom stereocenters. The van der Waals surface area contributed by atoms with Gasteiger partial charge in [-0.2, -0.15) is 0 Å². The van der Waals surface area contributed by atoms with Gasteiger partial charge in [0.1, 0.15) is 17.2 Å². The first-order chi connectivity index (χ1) is 6.43. The highest BCUT2D eigenvalue weighted by molar-refractivity contribution is 14.1. The summed E-state index contributed by atoms with van der Waals surface area (Å²) in [6, 6.07) is 0.582. The average Bonchev–Trinajstić information content (AvgIpc) is 2.08. The molecule has 0 saturated carbocycles. The van der Waals surface area contributed by atoms with Crippen LogP contribution in [0.25, 0.3) is 0 Å². The summed E-state index contributed by atoms with van der Waals surface area (Å²) < 4.78 is 37.1. The number of primary amides is 1. The number of carbonyl (C=O) groups is 1.